The average molecular weight is 290 g/mol. The average Bonchev–Trinajstić information content (AvgIpc) is 2.93. The Balaban J connectivity index is 1.98. The molecule has 0 radical (unpaired) electrons. The summed E-state index contributed by atoms with van der Waals surface area (Å²) in [5.74, 6) is -1.43. The Morgan fingerprint density at radius 3 is 2.76 bits per heavy atom. The highest BCUT2D eigenvalue weighted by molar-refractivity contribution is 6.11. The monoisotopic (exact) mass is 290 g/mol. The Morgan fingerprint density at radius 1 is 1.24 bits per heavy atom. The zero-order valence-corrected chi connectivity index (χ0v) is 11.5. The lowest BCUT2D eigenvalue weighted by molar-refractivity contribution is -0.152. The van der Waals surface area contributed by atoms with E-state index in [9.17, 15) is 14.4 Å². The van der Waals surface area contributed by atoms with E-state index in [2.05, 4.69) is 0 Å². The van der Waals surface area contributed by atoms with Crippen LogP contribution in [-0.4, -0.2) is 31.4 Å². The fourth-order valence-electron chi connectivity index (χ4n) is 2.84. The number of ketones is 2. The third-order valence-corrected chi connectivity index (χ3v) is 3.85. The van der Waals surface area contributed by atoms with E-state index in [-0.39, 0.29) is 31.2 Å². The molecule has 2 unspecified atom stereocenters. The maximum Gasteiger partial charge on any atom is 0.316 e. The quantitative estimate of drug-likeness (QED) is 0.602. The first kappa shape index (κ1) is 13.6. The van der Waals surface area contributed by atoms with E-state index in [0.29, 0.717) is 17.1 Å². The van der Waals surface area contributed by atoms with E-state index in [1.165, 1.54) is 7.11 Å². The smallest absolute Gasteiger partial charge is 0.316 e. The number of carbonyl (C=O) groups is 3. The first-order valence-corrected chi connectivity index (χ1v) is 6.62. The Bertz CT molecular complexity index is 621. The van der Waals surface area contributed by atoms with E-state index < -0.39 is 17.8 Å². The summed E-state index contributed by atoms with van der Waals surface area (Å²) in [6, 6.07) is 5.18. The number of ether oxygens (including phenoxy) is 3. The highest BCUT2D eigenvalue weighted by Crippen LogP contribution is 2.40. The van der Waals surface area contributed by atoms with Crippen LogP contribution >= 0.6 is 0 Å². The molecule has 0 N–H and O–H groups in total. The van der Waals surface area contributed by atoms with Crippen LogP contribution in [0.3, 0.4) is 0 Å². The zero-order chi connectivity index (χ0) is 15.0. The van der Waals surface area contributed by atoms with E-state index in [1.54, 1.807) is 18.2 Å². The molecule has 1 saturated carbocycles. The van der Waals surface area contributed by atoms with Gasteiger partial charge in [0, 0.05) is 12.3 Å². The number of Topliss-reactive ketones (excluding diaryl/α,β-unsaturated/α-hetero) is 2. The molecule has 1 fully saturated rings. The summed E-state index contributed by atoms with van der Waals surface area (Å²) >= 11 is 0. The number of carbonyl (C=O) groups excluding carboxylic acids is 3. The van der Waals surface area contributed by atoms with Crippen molar-refractivity contribution in [2.45, 2.75) is 18.8 Å². The second-order valence-corrected chi connectivity index (χ2v) is 5.11. The lowest BCUT2D eigenvalue weighted by atomic mass is 9.74. The molecule has 0 aromatic heterocycles. The second-order valence-electron chi connectivity index (χ2n) is 5.11. The molecule has 2 aliphatic rings. The van der Waals surface area contributed by atoms with Crippen molar-refractivity contribution in [3.05, 3.63) is 23.8 Å². The minimum atomic E-state index is -0.937. The predicted molar refractivity (Wildman–Crippen MR) is 70.1 cm³/mol. The molecule has 6 heteroatoms. The lowest BCUT2D eigenvalue weighted by Crippen LogP contribution is -2.37. The van der Waals surface area contributed by atoms with E-state index in [4.69, 9.17) is 14.2 Å². The topological polar surface area (TPSA) is 78.9 Å². The first-order valence-electron chi connectivity index (χ1n) is 6.62. The van der Waals surface area contributed by atoms with Crippen molar-refractivity contribution >= 4 is 17.5 Å². The summed E-state index contributed by atoms with van der Waals surface area (Å²) in [4.78, 5) is 35.7. The van der Waals surface area contributed by atoms with Gasteiger partial charge in [-0.05, 0) is 17.7 Å². The van der Waals surface area contributed by atoms with Crippen molar-refractivity contribution < 1.29 is 28.6 Å². The van der Waals surface area contributed by atoms with Crippen molar-refractivity contribution in [3.8, 4) is 11.5 Å². The largest absolute Gasteiger partial charge is 0.468 e. The number of rotatable bonds is 2. The number of hydrogen-bond acceptors (Lipinski definition) is 6. The fraction of sp³-hybridized carbons (Fsp3) is 0.400. The molecule has 1 heterocycles. The molecule has 3 rings (SSSR count). The molecule has 1 aliphatic carbocycles. The van der Waals surface area contributed by atoms with Crippen LogP contribution in [-0.2, 0) is 19.1 Å². The standard InChI is InChI=1S/C15H14O6/c1-19-15(18)14-10(5-9(16)6-11(14)17)8-2-3-12-13(4-8)21-7-20-12/h2-4,10,14H,5-7H2,1H3. The highest BCUT2D eigenvalue weighted by Gasteiger charge is 2.42. The minimum Gasteiger partial charge on any atom is -0.468 e. The highest BCUT2D eigenvalue weighted by atomic mass is 16.7. The van der Waals surface area contributed by atoms with Crippen molar-refractivity contribution in [3.63, 3.8) is 0 Å². The van der Waals surface area contributed by atoms with Crippen LogP contribution in [0.25, 0.3) is 0 Å². The minimum absolute atomic E-state index is 0.141. The van der Waals surface area contributed by atoms with Crippen LogP contribution in [0.1, 0.15) is 24.3 Å². The summed E-state index contributed by atoms with van der Waals surface area (Å²) in [6.07, 6.45) is -0.0635. The van der Waals surface area contributed by atoms with E-state index in [1.807, 2.05) is 0 Å². The summed E-state index contributed by atoms with van der Waals surface area (Å²) in [7, 11) is 1.24. The van der Waals surface area contributed by atoms with Gasteiger partial charge in [-0.2, -0.15) is 0 Å². The number of hydrogen-bond donors (Lipinski definition) is 0. The first-order chi connectivity index (χ1) is 10.1. The van der Waals surface area contributed by atoms with Crippen LogP contribution in [0.5, 0.6) is 11.5 Å². The van der Waals surface area contributed by atoms with Gasteiger partial charge in [0.1, 0.15) is 11.7 Å². The van der Waals surface area contributed by atoms with Crippen molar-refractivity contribution in [2.24, 2.45) is 5.92 Å². The Kier molecular flexibility index (Phi) is 3.37. The predicted octanol–water partition coefficient (Wildman–Crippen LogP) is 1.22. The molecule has 2 atom stereocenters. The molecule has 21 heavy (non-hydrogen) atoms. The normalized spacial score (nSPS) is 24.0. The number of fused-ring (bicyclic) bond motifs is 1. The van der Waals surface area contributed by atoms with Gasteiger partial charge in [-0.3, -0.25) is 14.4 Å². The molecule has 1 aromatic rings. The van der Waals surface area contributed by atoms with E-state index >= 15 is 0 Å². The van der Waals surface area contributed by atoms with Crippen molar-refractivity contribution in [2.75, 3.05) is 13.9 Å². The van der Waals surface area contributed by atoms with E-state index in [0.717, 1.165) is 0 Å². The van der Waals surface area contributed by atoms with Gasteiger partial charge in [-0.25, -0.2) is 0 Å². The van der Waals surface area contributed by atoms with Crippen LogP contribution < -0.4 is 9.47 Å². The molecule has 1 aromatic carbocycles. The van der Waals surface area contributed by atoms with Gasteiger partial charge in [0.05, 0.1) is 13.5 Å². The summed E-state index contributed by atoms with van der Waals surface area (Å²) in [6.45, 7) is 0.141. The Hall–Kier alpha value is -2.37. The van der Waals surface area contributed by atoms with Crippen LogP contribution in [0, 0.1) is 5.92 Å². The Labute approximate surface area is 121 Å². The van der Waals surface area contributed by atoms with Crippen molar-refractivity contribution in [1.82, 2.24) is 0 Å². The molecular weight excluding hydrogens is 276 g/mol. The van der Waals surface area contributed by atoms with Gasteiger partial charge in [-0.1, -0.05) is 6.07 Å². The maximum absolute atomic E-state index is 12.0. The maximum atomic E-state index is 12.0. The summed E-state index contributed by atoms with van der Waals surface area (Å²) in [5, 5.41) is 0. The lowest BCUT2D eigenvalue weighted by Gasteiger charge is -2.28. The summed E-state index contributed by atoms with van der Waals surface area (Å²) in [5.41, 5.74) is 0.705. The molecule has 0 bridgehead atoms. The van der Waals surface area contributed by atoms with Gasteiger partial charge in [-0.15, -0.1) is 0 Å². The zero-order valence-electron chi connectivity index (χ0n) is 11.5. The SMILES string of the molecule is COC(=O)C1C(=O)CC(=O)CC1c1ccc2c(c1)OCO2. The number of benzene rings is 1. The number of esters is 1. The van der Waals surface area contributed by atoms with Gasteiger partial charge >= 0.3 is 5.97 Å². The second kappa shape index (κ2) is 5.20. The molecule has 0 spiro atoms. The number of methoxy groups -OCH3 is 1. The van der Waals surface area contributed by atoms with Crippen LogP contribution in [0.4, 0.5) is 0 Å². The third kappa shape index (κ3) is 2.37. The van der Waals surface area contributed by atoms with Crippen molar-refractivity contribution in [1.29, 1.82) is 0 Å². The van der Waals surface area contributed by atoms with Gasteiger partial charge < -0.3 is 14.2 Å². The molecule has 0 saturated heterocycles. The molecule has 0 amide bonds. The Morgan fingerprint density at radius 2 is 2.00 bits per heavy atom. The fourth-order valence-corrected chi connectivity index (χ4v) is 2.84. The molecule has 110 valence electrons. The van der Waals surface area contributed by atoms with Gasteiger partial charge in [0.2, 0.25) is 6.79 Å². The van der Waals surface area contributed by atoms with Crippen LogP contribution in [0.15, 0.2) is 18.2 Å². The summed E-state index contributed by atoms with van der Waals surface area (Å²) < 4.78 is 15.2. The van der Waals surface area contributed by atoms with Gasteiger partial charge in [0.25, 0.3) is 0 Å². The molecular formula is C15H14O6. The molecule has 6 nitrogen and oxygen atoms in total. The van der Waals surface area contributed by atoms with Gasteiger partial charge in [0.15, 0.2) is 17.3 Å². The third-order valence-electron chi connectivity index (χ3n) is 3.85. The van der Waals surface area contributed by atoms with Crippen LogP contribution in [0.2, 0.25) is 0 Å². The molecule has 1 aliphatic heterocycles.